The van der Waals surface area contributed by atoms with Crippen molar-refractivity contribution in [2.75, 3.05) is 12.5 Å². The Morgan fingerprint density at radius 2 is 1.35 bits per heavy atom. The lowest BCUT2D eigenvalue weighted by Crippen LogP contribution is -1.99. The van der Waals surface area contributed by atoms with Crippen LogP contribution in [0.2, 0.25) is 0 Å². The van der Waals surface area contributed by atoms with Crippen LogP contribution < -0.4 is 4.52 Å². The zero-order chi connectivity index (χ0) is 28.2. The number of hydrogen-bond donors (Lipinski definition) is 0. The average molecular weight is 577 g/mol. The molecule has 0 bridgehead atoms. The Morgan fingerprint density at radius 3 is 1.88 bits per heavy atom. The molecule has 5 rings (SSSR count). The second kappa shape index (κ2) is 13.3. The van der Waals surface area contributed by atoms with Gasteiger partial charge in [0.2, 0.25) is 0 Å². The fraction of sp³-hybridized carbons (Fsp3) is 0.486. The monoisotopic (exact) mass is 576 g/mol. The van der Waals surface area contributed by atoms with Gasteiger partial charge in [-0.15, -0.1) is 0 Å². The van der Waals surface area contributed by atoms with Crippen molar-refractivity contribution in [3.8, 4) is 0 Å². The first-order valence-corrected chi connectivity index (χ1v) is 18.1. The Bertz CT molecular complexity index is 1420. The van der Waals surface area contributed by atoms with Gasteiger partial charge in [-0.25, -0.2) is 0 Å². The highest BCUT2D eigenvalue weighted by molar-refractivity contribution is 7.58. The van der Waals surface area contributed by atoms with Crippen LogP contribution >= 0.6 is 16.2 Å². The molecule has 0 radical (unpaired) electrons. The summed E-state index contributed by atoms with van der Waals surface area (Å²) in [6, 6.07) is 15.7. The zero-order valence-corrected chi connectivity index (χ0v) is 27.1. The van der Waals surface area contributed by atoms with E-state index in [4.69, 9.17) is 12.9 Å². The second-order valence-corrected chi connectivity index (χ2v) is 15.2. The van der Waals surface area contributed by atoms with Crippen molar-refractivity contribution in [3.05, 3.63) is 81.4 Å². The molecule has 2 heterocycles. The zero-order valence-electron chi connectivity index (χ0n) is 25.3. The molecule has 2 unspecified atom stereocenters. The third kappa shape index (κ3) is 6.09. The van der Waals surface area contributed by atoms with Gasteiger partial charge in [0.25, 0.3) is 0 Å². The number of aryl methyl sites for hydroxylation is 6. The van der Waals surface area contributed by atoms with Crippen molar-refractivity contribution in [2.24, 2.45) is 0 Å². The largest absolute Gasteiger partial charge is 0.399 e. The normalized spacial score (nSPS) is 17.2. The highest BCUT2D eigenvalue weighted by Gasteiger charge is 2.29. The molecular formula is C35H46O3P2. The smallest absolute Gasteiger partial charge is 0.387 e. The number of unbranched alkanes of at least 4 members (excludes halogenated alkanes) is 2. The number of fused-ring (bicyclic) bond motifs is 3. The van der Waals surface area contributed by atoms with E-state index in [-0.39, 0.29) is 7.92 Å². The van der Waals surface area contributed by atoms with Gasteiger partial charge in [-0.05, 0) is 111 Å². The third-order valence-corrected chi connectivity index (χ3v) is 12.8. The maximum atomic E-state index is 6.89. The molecule has 3 nitrogen and oxygen atoms in total. The first-order chi connectivity index (χ1) is 19.4. The van der Waals surface area contributed by atoms with Gasteiger partial charge < -0.3 is 8.39 Å². The van der Waals surface area contributed by atoms with Crippen molar-refractivity contribution >= 4 is 38.1 Å². The molecular weight excluding hydrogens is 530 g/mol. The minimum Gasteiger partial charge on any atom is -0.399 e. The van der Waals surface area contributed by atoms with Crippen molar-refractivity contribution in [1.82, 2.24) is 0 Å². The van der Waals surface area contributed by atoms with Crippen LogP contribution in [0.3, 0.4) is 0 Å². The van der Waals surface area contributed by atoms with Crippen LogP contribution in [0.25, 0.3) is 21.9 Å². The van der Waals surface area contributed by atoms with Gasteiger partial charge in [-0.2, -0.15) is 0 Å². The minimum atomic E-state index is -1.57. The summed E-state index contributed by atoms with van der Waals surface area (Å²) >= 11 is 0. The Balaban J connectivity index is 1.69. The molecule has 0 spiro atoms. The number of hydrogen-bond acceptors (Lipinski definition) is 3. The van der Waals surface area contributed by atoms with Gasteiger partial charge in [0.05, 0.1) is 6.35 Å². The summed E-state index contributed by atoms with van der Waals surface area (Å²) in [5.41, 5.74) is 11.9. The van der Waals surface area contributed by atoms with Crippen LogP contribution in [0.15, 0.2) is 50.9 Å². The minimum absolute atomic E-state index is 0.276. The summed E-state index contributed by atoms with van der Waals surface area (Å²) in [7, 11) is -1.84. The summed E-state index contributed by atoms with van der Waals surface area (Å²) < 4.78 is 20.5. The molecule has 40 heavy (non-hydrogen) atoms. The van der Waals surface area contributed by atoms with E-state index in [1.807, 2.05) is 0 Å². The molecule has 214 valence electrons. The molecule has 0 amide bonds. The molecule has 1 aliphatic heterocycles. The third-order valence-electron chi connectivity index (χ3n) is 8.81. The first-order valence-electron chi connectivity index (χ1n) is 15.3. The fourth-order valence-corrected chi connectivity index (χ4v) is 10.4. The second-order valence-electron chi connectivity index (χ2n) is 11.6. The highest BCUT2D eigenvalue weighted by Crippen LogP contribution is 2.59. The maximum absolute atomic E-state index is 6.89. The summed E-state index contributed by atoms with van der Waals surface area (Å²) in [6.07, 6.45) is 11.1. The molecule has 1 saturated heterocycles. The van der Waals surface area contributed by atoms with E-state index < -0.39 is 8.24 Å². The Labute approximate surface area is 243 Å². The topological polar surface area (TPSA) is 35.5 Å². The Hall–Kier alpha value is -2.05. The summed E-state index contributed by atoms with van der Waals surface area (Å²) in [5, 5.41) is 2.45. The summed E-state index contributed by atoms with van der Waals surface area (Å²) in [5.74, 6) is 0. The van der Waals surface area contributed by atoms with Crippen LogP contribution in [-0.2, 0) is 12.8 Å². The molecule has 1 aliphatic rings. The van der Waals surface area contributed by atoms with Gasteiger partial charge in [0.15, 0.2) is 0 Å². The first kappa shape index (κ1) is 29.4. The quantitative estimate of drug-likeness (QED) is 0.176. The molecule has 1 aromatic heterocycles. The van der Waals surface area contributed by atoms with Crippen LogP contribution in [0.4, 0.5) is 0 Å². The summed E-state index contributed by atoms with van der Waals surface area (Å²) in [6.45, 7) is 13.5. The summed E-state index contributed by atoms with van der Waals surface area (Å²) in [4.78, 5) is 0. The van der Waals surface area contributed by atoms with E-state index >= 15 is 0 Å². The average Bonchev–Trinajstić information content (AvgIpc) is 3.36. The van der Waals surface area contributed by atoms with Gasteiger partial charge in [0, 0.05) is 16.4 Å². The molecule has 1 fully saturated rings. The van der Waals surface area contributed by atoms with Crippen LogP contribution in [0.5, 0.6) is 0 Å². The Kier molecular flexibility index (Phi) is 9.78. The SMILES string of the molecule is CCCCc1cc(C)c(C)c2c1op(OCP1CCCC1c1ccccc1)oc1c(CCCC)cc(C)c(C)c12. The molecule has 0 aliphatic carbocycles. The lowest BCUT2D eigenvalue weighted by atomic mass is 9.91. The van der Waals surface area contributed by atoms with Gasteiger partial charge in [0.1, 0.15) is 11.2 Å². The predicted molar refractivity (Wildman–Crippen MR) is 174 cm³/mol. The van der Waals surface area contributed by atoms with E-state index in [0.717, 1.165) is 56.0 Å². The predicted octanol–water partition coefficient (Wildman–Crippen LogP) is 11.6. The van der Waals surface area contributed by atoms with Crippen molar-refractivity contribution in [1.29, 1.82) is 0 Å². The van der Waals surface area contributed by atoms with Gasteiger partial charge >= 0.3 is 8.24 Å². The van der Waals surface area contributed by atoms with Gasteiger partial charge in [-0.1, -0.05) is 77.1 Å². The maximum Gasteiger partial charge on any atom is 0.387 e. The molecule has 5 heteroatoms. The van der Waals surface area contributed by atoms with Crippen molar-refractivity contribution in [3.63, 3.8) is 0 Å². The number of benzene rings is 3. The van der Waals surface area contributed by atoms with E-state index in [2.05, 4.69) is 84.0 Å². The van der Waals surface area contributed by atoms with Crippen LogP contribution in [0.1, 0.15) is 97.0 Å². The molecule has 0 N–H and O–H groups in total. The highest BCUT2D eigenvalue weighted by atomic mass is 31.1. The van der Waals surface area contributed by atoms with E-state index in [9.17, 15) is 0 Å². The van der Waals surface area contributed by atoms with Crippen molar-refractivity contribution < 1.29 is 12.9 Å². The lowest BCUT2D eigenvalue weighted by Gasteiger charge is -2.19. The number of rotatable bonds is 10. The van der Waals surface area contributed by atoms with Crippen LogP contribution in [-0.4, -0.2) is 12.5 Å². The van der Waals surface area contributed by atoms with E-state index in [1.165, 1.54) is 68.7 Å². The Morgan fingerprint density at radius 1 is 0.800 bits per heavy atom. The van der Waals surface area contributed by atoms with Crippen LogP contribution in [0, 0.1) is 27.7 Å². The molecule has 4 aromatic rings. The fourth-order valence-electron chi connectivity index (χ4n) is 6.22. The molecule has 2 atom stereocenters. The molecule has 3 aromatic carbocycles. The lowest BCUT2D eigenvalue weighted by molar-refractivity contribution is 0.433. The van der Waals surface area contributed by atoms with Crippen molar-refractivity contribution in [2.45, 2.75) is 98.6 Å². The van der Waals surface area contributed by atoms with E-state index in [0.29, 0.717) is 5.66 Å². The van der Waals surface area contributed by atoms with E-state index in [1.54, 1.807) is 0 Å². The van der Waals surface area contributed by atoms with Gasteiger partial charge in [-0.3, -0.25) is 4.52 Å². The molecule has 0 saturated carbocycles. The standard InChI is InChI=1S/C35H46O3P2/c1-7-9-15-29-21-24(3)26(5)32-33-27(6)25(4)22-30(16-10-8-2)35(33)38-40(37-34(29)32)36-23-39-20-14-19-31(39)28-17-12-11-13-18-28/h11-13,17-18,21-22,31H,7-10,14-16,19-20,23H2,1-6H3.